The van der Waals surface area contributed by atoms with Crippen molar-refractivity contribution >= 4 is 17.4 Å². The number of halogens is 1. The monoisotopic (exact) mass is 440 g/mol. The Morgan fingerprint density at radius 2 is 2.06 bits per heavy atom. The van der Waals surface area contributed by atoms with Gasteiger partial charge in [-0.05, 0) is 74.4 Å². The summed E-state index contributed by atoms with van der Waals surface area (Å²) in [4.78, 5) is 6.44. The van der Waals surface area contributed by atoms with Crippen molar-refractivity contribution in [3.63, 3.8) is 0 Å². The topological polar surface area (TPSA) is 87.1 Å². The summed E-state index contributed by atoms with van der Waals surface area (Å²) >= 11 is 1.10. The lowest BCUT2D eigenvalue weighted by atomic mass is 9.92. The van der Waals surface area contributed by atoms with Crippen molar-refractivity contribution in [1.82, 2.24) is 24.9 Å². The Labute approximate surface area is 184 Å². The number of hydrogen-bond acceptors (Lipinski definition) is 8. The van der Waals surface area contributed by atoms with E-state index in [-0.39, 0.29) is 11.3 Å². The highest BCUT2D eigenvalue weighted by Crippen LogP contribution is 2.35. The van der Waals surface area contributed by atoms with E-state index < -0.39 is 5.82 Å². The molecule has 2 N–H and O–H groups in total. The number of nitrogens with one attached hydrogen (secondary N) is 1. The van der Waals surface area contributed by atoms with Gasteiger partial charge in [-0.2, -0.15) is 4.37 Å². The lowest BCUT2D eigenvalue weighted by Crippen LogP contribution is -2.38. The average Bonchev–Trinajstić information content (AvgIpc) is 3.38. The van der Waals surface area contributed by atoms with Gasteiger partial charge in [0.25, 0.3) is 0 Å². The first-order valence-electron chi connectivity index (χ1n) is 10.7. The fourth-order valence-corrected chi connectivity index (χ4v) is 4.82. The van der Waals surface area contributed by atoms with Gasteiger partial charge in [0.2, 0.25) is 0 Å². The number of aromatic nitrogens is 4. The maximum absolute atomic E-state index is 14.7. The Bertz CT molecular complexity index is 1070. The molecule has 7 nitrogen and oxygen atoms in total. The van der Waals surface area contributed by atoms with E-state index in [2.05, 4.69) is 29.8 Å². The number of benzene rings is 1. The summed E-state index contributed by atoms with van der Waals surface area (Å²) in [6.45, 7) is 4.72. The molecule has 1 aliphatic heterocycles. The molecule has 0 unspecified atom stereocenters. The number of aromatic hydroxyl groups is 1. The minimum absolute atomic E-state index is 0.0605. The Balaban J connectivity index is 1.28. The third-order valence-corrected chi connectivity index (χ3v) is 7.02. The Morgan fingerprint density at radius 1 is 1.19 bits per heavy atom. The maximum atomic E-state index is 14.7. The number of rotatable bonds is 6. The summed E-state index contributed by atoms with van der Waals surface area (Å²) in [5.41, 5.74) is 0.975. The van der Waals surface area contributed by atoms with Crippen molar-refractivity contribution in [1.29, 1.82) is 0 Å². The molecule has 3 heterocycles. The molecule has 2 aliphatic rings. The Hall–Kier alpha value is -2.65. The molecule has 0 bridgehead atoms. The normalized spacial score (nSPS) is 19.0. The van der Waals surface area contributed by atoms with Gasteiger partial charge in [0.1, 0.15) is 22.4 Å². The second kappa shape index (κ2) is 8.47. The van der Waals surface area contributed by atoms with Crippen molar-refractivity contribution in [3.8, 4) is 27.6 Å². The van der Waals surface area contributed by atoms with Gasteiger partial charge < -0.3 is 15.3 Å². The fraction of sp³-hybridized carbons (Fsp3) is 0.455. The predicted octanol–water partition coefficient (Wildman–Crippen LogP) is 3.78. The van der Waals surface area contributed by atoms with Crippen molar-refractivity contribution in [2.45, 2.75) is 38.6 Å². The van der Waals surface area contributed by atoms with Crippen molar-refractivity contribution in [2.24, 2.45) is 5.92 Å². The van der Waals surface area contributed by atoms with Crippen LogP contribution in [0, 0.1) is 18.7 Å². The molecule has 0 amide bonds. The molecule has 1 atom stereocenters. The standard InChI is InChI=1S/C22H25FN6OS/c1-13-25-22(31-28-13)16-10-20(30)17(9-18(16)23)19-5-6-21(27-26-19)29-8-7-14(12-29)11-24-15-3-2-4-15/h5-6,9-10,14-15,24,30H,2-4,7-8,11-12H2,1H3/t14-/m1/s1. The lowest BCUT2D eigenvalue weighted by molar-refractivity contribution is 0.321. The summed E-state index contributed by atoms with van der Waals surface area (Å²) in [5, 5.41) is 23.2. The van der Waals surface area contributed by atoms with E-state index in [4.69, 9.17) is 0 Å². The SMILES string of the molecule is Cc1nsc(-c2cc(O)c(-c3ccc(N4CC[C@H](CNC5CCC5)C4)nn3)cc2F)n1. The molecule has 2 aromatic heterocycles. The summed E-state index contributed by atoms with van der Waals surface area (Å²) in [6, 6.07) is 7.04. The summed E-state index contributed by atoms with van der Waals surface area (Å²) in [6.07, 6.45) is 5.10. The van der Waals surface area contributed by atoms with E-state index in [0.29, 0.717) is 34.0 Å². The van der Waals surface area contributed by atoms with E-state index in [9.17, 15) is 9.50 Å². The van der Waals surface area contributed by atoms with Crippen molar-refractivity contribution in [3.05, 3.63) is 35.9 Å². The van der Waals surface area contributed by atoms with Crippen LogP contribution in [0.2, 0.25) is 0 Å². The van der Waals surface area contributed by atoms with Crippen molar-refractivity contribution < 1.29 is 9.50 Å². The second-order valence-electron chi connectivity index (χ2n) is 8.41. The highest BCUT2D eigenvalue weighted by molar-refractivity contribution is 7.09. The first kappa shape index (κ1) is 20.3. The van der Waals surface area contributed by atoms with Crippen molar-refractivity contribution in [2.75, 3.05) is 24.5 Å². The molecule has 31 heavy (non-hydrogen) atoms. The van der Waals surface area contributed by atoms with E-state index in [1.165, 1.54) is 31.4 Å². The molecular formula is C22H25FN6OS. The first-order valence-corrected chi connectivity index (χ1v) is 11.5. The molecule has 1 aliphatic carbocycles. The van der Waals surface area contributed by atoms with Crippen LogP contribution in [-0.4, -0.2) is 50.3 Å². The number of aryl methyl sites for hydroxylation is 1. The van der Waals surface area contributed by atoms with Gasteiger partial charge in [-0.15, -0.1) is 10.2 Å². The van der Waals surface area contributed by atoms with Crippen LogP contribution in [-0.2, 0) is 0 Å². The molecule has 1 saturated heterocycles. The number of phenolic OH excluding ortho intramolecular Hbond substituents is 1. The molecule has 1 saturated carbocycles. The predicted molar refractivity (Wildman–Crippen MR) is 119 cm³/mol. The van der Waals surface area contributed by atoms with Crippen LogP contribution < -0.4 is 10.2 Å². The van der Waals surface area contributed by atoms with Gasteiger partial charge in [-0.25, -0.2) is 9.37 Å². The van der Waals surface area contributed by atoms with Crippen LogP contribution in [0.15, 0.2) is 24.3 Å². The third-order valence-electron chi connectivity index (χ3n) is 6.18. The van der Waals surface area contributed by atoms with E-state index >= 15 is 0 Å². The molecular weight excluding hydrogens is 415 g/mol. The molecule has 3 aromatic rings. The van der Waals surface area contributed by atoms with Gasteiger partial charge in [-0.3, -0.25) is 0 Å². The summed E-state index contributed by atoms with van der Waals surface area (Å²) in [5.74, 6) is 1.48. The molecule has 9 heteroatoms. The van der Waals surface area contributed by atoms with Crippen LogP contribution in [0.25, 0.3) is 21.8 Å². The van der Waals surface area contributed by atoms with E-state index in [0.717, 1.165) is 43.4 Å². The minimum Gasteiger partial charge on any atom is -0.507 e. The van der Waals surface area contributed by atoms with Gasteiger partial charge >= 0.3 is 0 Å². The number of anilines is 1. The highest BCUT2D eigenvalue weighted by Gasteiger charge is 2.26. The third kappa shape index (κ3) is 4.24. The smallest absolute Gasteiger partial charge is 0.151 e. The average molecular weight is 441 g/mol. The minimum atomic E-state index is -0.476. The lowest BCUT2D eigenvalue weighted by Gasteiger charge is -2.28. The second-order valence-corrected chi connectivity index (χ2v) is 9.16. The largest absolute Gasteiger partial charge is 0.507 e. The van der Waals surface area contributed by atoms with Crippen LogP contribution in [0.1, 0.15) is 31.5 Å². The summed E-state index contributed by atoms with van der Waals surface area (Å²) < 4.78 is 18.8. The van der Waals surface area contributed by atoms with E-state index in [1.807, 2.05) is 6.07 Å². The van der Waals surface area contributed by atoms with Crippen LogP contribution in [0.3, 0.4) is 0 Å². The zero-order chi connectivity index (χ0) is 21.4. The van der Waals surface area contributed by atoms with Gasteiger partial charge in [0.05, 0.1) is 11.3 Å². The highest BCUT2D eigenvalue weighted by atomic mass is 32.1. The fourth-order valence-electron chi connectivity index (χ4n) is 4.13. The molecule has 162 valence electrons. The first-order chi connectivity index (χ1) is 15.1. The van der Waals surface area contributed by atoms with Crippen LogP contribution in [0.4, 0.5) is 10.2 Å². The maximum Gasteiger partial charge on any atom is 0.151 e. The molecule has 0 radical (unpaired) electrons. The number of hydrogen-bond donors (Lipinski definition) is 2. The van der Waals surface area contributed by atoms with E-state index in [1.54, 1.807) is 13.0 Å². The molecule has 5 rings (SSSR count). The zero-order valence-corrected chi connectivity index (χ0v) is 18.2. The number of phenols is 1. The molecule has 0 spiro atoms. The Kier molecular flexibility index (Phi) is 5.54. The van der Waals surface area contributed by atoms with Gasteiger partial charge in [0, 0.05) is 24.7 Å². The molecule has 2 fully saturated rings. The van der Waals surface area contributed by atoms with Gasteiger partial charge in [0.15, 0.2) is 5.82 Å². The Morgan fingerprint density at radius 3 is 2.74 bits per heavy atom. The zero-order valence-electron chi connectivity index (χ0n) is 17.4. The van der Waals surface area contributed by atoms with Crippen LogP contribution in [0.5, 0.6) is 5.75 Å². The molecule has 1 aromatic carbocycles. The summed E-state index contributed by atoms with van der Waals surface area (Å²) in [7, 11) is 0. The quantitative estimate of drug-likeness (QED) is 0.603. The van der Waals surface area contributed by atoms with Gasteiger partial charge in [-0.1, -0.05) is 6.42 Å². The number of nitrogens with zero attached hydrogens (tertiary/aromatic N) is 5. The van der Waals surface area contributed by atoms with Crippen LogP contribution >= 0.6 is 11.5 Å².